The molecule has 1 aliphatic carbocycles. The van der Waals surface area contributed by atoms with Gasteiger partial charge in [0, 0.05) is 31.7 Å². The second kappa shape index (κ2) is 18.0. The van der Waals surface area contributed by atoms with Crippen molar-refractivity contribution in [1.29, 1.82) is 0 Å². The molecule has 1 amide bonds. The number of amides is 1. The quantitative estimate of drug-likeness (QED) is 0.141. The zero-order valence-electron chi connectivity index (χ0n) is 23.6. The summed E-state index contributed by atoms with van der Waals surface area (Å²) in [6.45, 7) is 6.86. The number of benzene rings is 1. The maximum absolute atomic E-state index is 12.5. The summed E-state index contributed by atoms with van der Waals surface area (Å²) in [5.41, 5.74) is 1.19. The molecule has 0 aliphatic heterocycles. The maximum atomic E-state index is 12.5. The van der Waals surface area contributed by atoms with Crippen LogP contribution >= 0.6 is 0 Å². The fraction of sp³-hybridized carbons (Fsp3) is 0.625. The molecule has 0 heterocycles. The van der Waals surface area contributed by atoms with Gasteiger partial charge in [0.05, 0.1) is 12.2 Å². The molecule has 1 saturated carbocycles. The third-order valence-corrected chi connectivity index (χ3v) is 7.19. The molecule has 6 nitrogen and oxygen atoms in total. The summed E-state index contributed by atoms with van der Waals surface area (Å²) >= 11 is 0. The molecule has 1 fully saturated rings. The lowest BCUT2D eigenvalue weighted by atomic mass is 9.89. The lowest BCUT2D eigenvalue weighted by Gasteiger charge is -2.21. The number of ether oxygens (including phenoxy) is 1. The van der Waals surface area contributed by atoms with Crippen molar-refractivity contribution in [2.75, 3.05) is 6.54 Å². The number of carbonyl (C=O) groups excluding carboxylic acids is 2. The van der Waals surface area contributed by atoms with E-state index in [1.54, 1.807) is 0 Å². The van der Waals surface area contributed by atoms with Crippen LogP contribution in [0.15, 0.2) is 54.6 Å². The Kier molecular flexibility index (Phi) is 15.0. The molecule has 0 aromatic heterocycles. The highest BCUT2D eigenvalue weighted by molar-refractivity contribution is 5.75. The van der Waals surface area contributed by atoms with Gasteiger partial charge in [-0.05, 0) is 68.9 Å². The minimum atomic E-state index is -0.631. The summed E-state index contributed by atoms with van der Waals surface area (Å²) in [4.78, 5) is 24.1. The van der Waals surface area contributed by atoms with Gasteiger partial charge in [0.2, 0.25) is 5.91 Å². The van der Waals surface area contributed by atoms with Crippen LogP contribution in [0, 0.1) is 17.8 Å². The molecule has 1 aliphatic rings. The number of unbranched alkanes of at least 4 members (excludes halogenated alkanes) is 1. The predicted octanol–water partition coefficient (Wildman–Crippen LogP) is 5.52. The first-order chi connectivity index (χ1) is 18.3. The number of carbonyl (C=O) groups is 2. The molecule has 212 valence electrons. The monoisotopic (exact) mass is 527 g/mol. The number of esters is 1. The number of aliphatic hydroxyl groups is 2. The van der Waals surface area contributed by atoms with Crippen LogP contribution in [-0.4, -0.2) is 46.9 Å². The first-order valence-corrected chi connectivity index (χ1v) is 14.5. The molecule has 1 aromatic carbocycles. The van der Waals surface area contributed by atoms with Gasteiger partial charge < -0.3 is 20.3 Å². The summed E-state index contributed by atoms with van der Waals surface area (Å²) in [7, 11) is 0. The number of allylic oxidation sites excluding steroid dienone is 2. The van der Waals surface area contributed by atoms with E-state index in [-0.39, 0.29) is 29.8 Å². The fourth-order valence-corrected chi connectivity index (χ4v) is 5.03. The molecule has 5 atom stereocenters. The second-order valence-electron chi connectivity index (χ2n) is 10.9. The highest BCUT2D eigenvalue weighted by Crippen LogP contribution is 2.36. The number of hydrogen-bond donors (Lipinski definition) is 3. The van der Waals surface area contributed by atoms with Gasteiger partial charge in [-0.1, -0.05) is 68.8 Å². The molecule has 2 rings (SSSR count). The SMILES string of the molecule is CCNC(=O)CCC/C=C\C[C@@H]1[C@@H](/C=C/[C@H](CCc2ccccc2)OC(=O)CCCC(C)C)[C@H](O)C[C@@H]1O. The number of aliphatic hydroxyl groups excluding tert-OH is 2. The lowest BCUT2D eigenvalue weighted by molar-refractivity contribution is -0.147. The summed E-state index contributed by atoms with van der Waals surface area (Å²) in [6.07, 6.45) is 13.1. The van der Waals surface area contributed by atoms with Crippen molar-refractivity contribution >= 4 is 11.9 Å². The largest absolute Gasteiger partial charge is 0.458 e. The van der Waals surface area contributed by atoms with Crippen molar-refractivity contribution in [3.05, 3.63) is 60.2 Å². The Morgan fingerprint density at radius 2 is 1.82 bits per heavy atom. The van der Waals surface area contributed by atoms with Gasteiger partial charge in [0.25, 0.3) is 0 Å². The van der Waals surface area contributed by atoms with Crippen LogP contribution < -0.4 is 5.32 Å². The molecule has 3 N–H and O–H groups in total. The Morgan fingerprint density at radius 1 is 1.05 bits per heavy atom. The van der Waals surface area contributed by atoms with Crippen molar-refractivity contribution in [3.63, 3.8) is 0 Å². The maximum Gasteiger partial charge on any atom is 0.306 e. The van der Waals surface area contributed by atoms with E-state index in [4.69, 9.17) is 4.74 Å². The summed E-state index contributed by atoms with van der Waals surface area (Å²) < 4.78 is 5.86. The van der Waals surface area contributed by atoms with Crippen molar-refractivity contribution in [1.82, 2.24) is 5.32 Å². The normalized spacial score (nSPS) is 22.4. The van der Waals surface area contributed by atoms with Crippen LogP contribution in [-0.2, 0) is 20.7 Å². The molecular weight excluding hydrogens is 478 g/mol. The smallest absolute Gasteiger partial charge is 0.306 e. The van der Waals surface area contributed by atoms with Gasteiger partial charge in [-0.15, -0.1) is 0 Å². The molecule has 38 heavy (non-hydrogen) atoms. The highest BCUT2D eigenvalue weighted by Gasteiger charge is 2.39. The molecule has 1 aromatic rings. The fourth-order valence-electron chi connectivity index (χ4n) is 5.03. The predicted molar refractivity (Wildman–Crippen MR) is 152 cm³/mol. The Balaban J connectivity index is 1.97. The topological polar surface area (TPSA) is 95.9 Å². The Hall–Kier alpha value is -2.44. The van der Waals surface area contributed by atoms with E-state index in [9.17, 15) is 19.8 Å². The van der Waals surface area contributed by atoms with Crippen LogP contribution in [0.25, 0.3) is 0 Å². The number of rotatable bonds is 17. The molecule has 0 unspecified atom stereocenters. The molecule has 0 bridgehead atoms. The summed E-state index contributed by atoms with van der Waals surface area (Å²) in [5.74, 6) is 0.134. The third-order valence-electron chi connectivity index (χ3n) is 7.19. The minimum Gasteiger partial charge on any atom is -0.458 e. The molecule has 0 radical (unpaired) electrons. The molecular formula is C32H49NO5. The average Bonchev–Trinajstić information content (AvgIpc) is 3.15. The van der Waals surface area contributed by atoms with Crippen LogP contribution in [0.4, 0.5) is 0 Å². The van der Waals surface area contributed by atoms with Gasteiger partial charge in [-0.2, -0.15) is 0 Å². The average molecular weight is 528 g/mol. The highest BCUT2D eigenvalue weighted by atomic mass is 16.5. The van der Waals surface area contributed by atoms with Gasteiger partial charge in [-0.3, -0.25) is 9.59 Å². The van der Waals surface area contributed by atoms with Gasteiger partial charge in [0.1, 0.15) is 6.10 Å². The van der Waals surface area contributed by atoms with E-state index < -0.39 is 12.2 Å². The Morgan fingerprint density at radius 3 is 2.53 bits per heavy atom. The number of nitrogens with one attached hydrogen (secondary N) is 1. The van der Waals surface area contributed by atoms with Crippen LogP contribution in [0.1, 0.15) is 84.1 Å². The van der Waals surface area contributed by atoms with Crippen LogP contribution in [0.2, 0.25) is 0 Å². The number of hydrogen-bond acceptors (Lipinski definition) is 5. The lowest BCUT2D eigenvalue weighted by Crippen LogP contribution is -2.22. The molecule has 6 heteroatoms. The third kappa shape index (κ3) is 12.4. The van der Waals surface area contributed by atoms with E-state index in [0.29, 0.717) is 44.6 Å². The first-order valence-electron chi connectivity index (χ1n) is 14.5. The van der Waals surface area contributed by atoms with Crippen molar-refractivity contribution < 1.29 is 24.5 Å². The summed E-state index contributed by atoms with van der Waals surface area (Å²) in [6, 6.07) is 10.1. The Labute approximate surface area is 229 Å². The Bertz CT molecular complexity index is 866. The zero-order chi connectivity index (χ0) is 27.8. The van der Waals surface area contributed by atoms with E-state index in [0.717, 1.165) is 32.1 Å². The number of aryl methyl sites for hydroxylation is 1. The summed E-state index contributed by atoms with van der Waals surface area (Å²) in [5, 5.41) is 24.1. The standard InChI is InChI=1S/C32H49NO5/c1-4-33-31(36)17-11-6-5-10-16-27-28(30(35)23-29(27)34)22-21-26(20-19-25-14-8-7-9-15-25)38-32(37)18-12-13-24(2)3/h5,7-10,14-15,21-22,24,26-30,34-35H,4,6,11-13,16-20,23H2,1-3H3,(H,33,36)/b10-5-,22-21+/t26-,27+,28+,29-,30+/m0/s1. The van der Waals surface area contributed by atoms with Crippen molar-refractivity contribution in [2.45, 2.75) is 103 Å². The van der Waals surface area contributed by atoms with Crippen molar-refractivity contribution in [3.8, 4) is 0 Å². The zero-order valence-corrected chi connectivity index (χ0v) is 23.6. The van der Waals surface area contributed by atoms with Crippen LogP contribution in [0.3, 0.4) is 0 Å². The van der Waals surface area contributed by atoms with E-state index in [1.165, 1.54) is 5.56 Å². The van der Waals surface area contributed by atoms with Crippen molar-refractivity contribution in [2.24, 2.45) is 17.8 Å². The molecule has 0 saturated heterocycles. The van der Waals surface area contributed by atoms with E-state index in [2.05, 4.69) is 37.4 Å². The molecule has 0 spiro atoms. The van der Waals surface area contributed by atoms with Gasteiger partial charge in [0.15, 0.2) is 0 Å². The van der Waals surface area contributed by atoms with Gasteiger partial charge in [-0.25, -0.2) is 0 Å². The van der Waals surface area contributed by atoms with E-state index in [1.807, 2.05) is 43.4 Å². The van der Waals surface area contributed by atoms with Gasteiger partial charge >= 0.3 is 5.97 Å². The second-order valence-corrected chi connectivity index (χ2v) is 10.9. The van der Waals surface area contributed by atoms with E-state index >= 15 is 0 Å². The minimum absolute atomic E-state index is 0.0721. The first kappa shape index (κ1) is 31.8. The van der Waals surface area contributed by atoms with Crippen LogP contribution in [0.5, 0.6) is 0 Å².